The number of anilines is 2. The summed E-state index contributed by atoms with van der Waals surface area (Å²) in [5.74, 6) is 1.47. The van der Waals surface area contributed by atoms with Crippen molar-refractivity contribution >= 4 is 17.7 Å². The van der Waals surface area contributed by atoms with Crippen LogP contribution in [-0.4, -0.2) is 43.8 Å². The molecule has 1 saturated heterocycles. The van der Waals surface area contributed by atoms with Crippen LogP contribution in [0, 0.1) is 0 Å². The third kappa shape index (κ3) is 4.25. The molecule has 0 saturated carbocycles. The number of likely N-dealkylation sites (tertiary alicyclic amines) is 1. The van der Waals surface area contributed by atoms with Crippen molar-refractivity contribution in [2.75, 3.05) is 18.4 Å². The Kier molecular flexibility index (Phi) is 5.00. The van der Waals surface area contributed by atoms with E-state index in [1.807, 2.05) is 41.3 Å². The van der Waals surface area contributed by atoms with E-state index in [2.05, 4.69) is 25.3 Å². The molecule has 1 aliphatic heterocycles. The maximum absolute atomic E-state index is 12.6. The predicted molar refractivity (Wildman–Crippen MR) is 101 cm³/mol. The van der Waals surface area contributed by atoms with Gasteiger partial charge in [0.15, 0.2) is 5.82 Å². The van der Waals surface area contributed by atoms with Crippen LogP contribution < -0.4 is 5.32 Å². The van der Waals surface area contributed by atoms with Gasteiger partial charge in [0.1, 0.15) is 0 Å². The van der Waals surface area contributed by atoms with E-state index in [0.29, 0.717) is 24.7 Å². The highest BCUT2D eigenvalue weighted by atomic mass is 16.2. The minimum absolute atomic E-state index is 0.163. The van der Waals surface area contributed by atoms with Gasteiger partial charge in [0.25, 0.3) is 0 Å². The molecule has 1 atom stereocenters. The van der Waals surface area contributed by atoms with Crippen LogP contribution in [0.3, 0.4) is 0 Å². The Balaban J connectivity index is 1.40. The number of aromatic nitrogens is 4. The molecule has 0 unspecified atom stereocenters. The Morgan fingerprint density at radius 1 is 1.11 bits per heavy atom. The van der Waals surface area contributed by atoms with Crippen molar-refractivity contribution in [3.63, 3.8) is 0 Å². The van der Waals surface area contributed by atoms with E-state index in [1.54, 1.807) is 24.8 Å². The lowest BCUT2D eigenvalue weighted by atomic mass is 10.1. The lowest BCUT2D eigenvalue weighted by Crippen LogP contribution is -2.29. The van der Waals surface area contributed by atoms with Crippen molar-refractivity contribution in [1.82, 2.24) is 24.8 Å². The Bertz CT molecular complexity index is 903. The smallest absolute Gasteiger partial charge is 0.228 e. The maximum Gasteiger partial charge on any atom is 0.228 e. The summed E-state index contributed by atoms with van der Waals surface area (Å²) in [4.78, 5) is 31.5. The molecular weight excluding hydrogens is 340 g/mol. The second-order valence-electron chi connectivity index (χ2n) is 6.51. The fourth-order valence-corrected chi connectivity index (χ4v) is 3.25. The van der Waals surface area contributed by atoms with Gasteiger partial charge in [-0.05, 0) is 18.1 Å². The summed E-state index contributed by atoms with van der Waals surface area (Å²) < 4.78 is 0. The summed E-state index contributed by atoms with van der Waals surface area (Å²) in [6, 6.07) is 11.8. The molecule has 0 bridgehead atoms. The van der Waals surface area contributed by atoms with Crippen LogP contribution in [0.15, 0.2) is 61.2 Å². The monoisotopic (exact) mass is 360 g/mol. The fraction of sp³-hybridized carbons (Fsp3) is 0.250. The number of rotatable bonds is 5. The van der Waals surface area contributed by atoms with Crippen molar-refractivity contribution in [2.45, 2.75) is 18.8 Å². The summed E-state index contributed by atoms with van der Waals surface area (Å²) in [5.41, 5.74) is 1.98. The Morgan fingerprint density at radius 3 is 2.81 bits per heavy atom. The van der Waals surface area contributed by atoms with Gasteiger partial charge in [-0.1, -0.05) is 30.3 Å². The number of hydrogen-bond acceptors (Lipinski definition) is 6. The number of carbonyl (C=O) groups excluding carboxylic acids is 1. The number of carbonyl (C=O) groups is 1. The zero-order valence-electron chi connectivity index (χ0n) is 14.8. The molecule has 1 aromatic carbocycles. The Morgan fingerprint density at radius 2 is 2.00 bits per heavy atom. The third-order valence-corrected chi connectivity index (χ3v) is 4.64. The number of amides is 1. The van der Waals surface area contributed by atoms with E-state index in [-0.39, 0.29) is 11.8 Å². The molecule has 136 valence electrons. The van der Waals surface area contributed by atoms with Crippen molar-refractivity contribution in [1.29, 1.82) is 0 Å². The van der Waals surface area contributed by atoms with E-state index in [4.69, 9.17) is 0 Å². The highest BCUT2D eigenvalue weighted by Crippen LogP contribution is 2.27. The van der Waals surface area contributed by atoms with Crippen LogP contribution >= 0.6 is 0 Å². The van der Waals surface area contributed by atoms with Crippen molar-refractivity contribution < 1.29 is 4.79 Å². The first-order valence-corrected chi connectivity index (χ1v) is 8.95. The molecule has 3 aromatic rings. The number of benzene rings is 1. The fourth-order valence-electron chi connectivity index (χ4n) is 3.25. The minimum Gasteiger partial charge on any atom is -0.342 e. The minimum atomic E-state index is 0.163. The second-order valence-corrected chi connectivity index (χ2v) is 6.51. The number of nitrogens with zero attached hydrogens (tertiary/aromatic N) is 5. The third-order valence-electron chi connectivity index (χ3n) is 4.64. The summed E-state index contributed by atoms with van der Waals surface area (Å²) in [6.07, 6.45) is 7.92. The summed E-state index contributed by atoms with van der Waals surface area (Å²) in [6.45, 7) is 1.44. The standard InChI is InChI=1S/C20H20N6O/c27-19(12-15-4-2-1-3-5-15)26-11-7-16(14-26)17-6-8-23-20(24-17)25-18-13-21-9-10-22-18/h1-6,8-10,13,16H,7,11-12,14H2,(H,22,23,24,25)/t16-/m1/s1. The molecule has 4 rings (SSSR count). The molecule has 1 N–H and O–H groups in total. The molecule has 27 heavy (non-hydrogen) atoms. The predicted octanol–water partition coefficient (Wildman–Crippen LogP) is 2.57. The highest BCUT2D eigenvalue weighted by Gasteiger charge is 2.28. The second kappa shape index (κ2) is 7.90. The topological polar surface area (TPSA) is 83.9 Å². The molecular formula is C20H20N6O. The van der Waals surface area contributed by atoms with Crippen LogP contribution in [0.2, 0.25) is 0 Å². The van der Waals surface area contributed by atoms with Gasteiger partial charge >= 0.3 is 0 Å². The van der Waals surface area contributed by atoms with Crippen LogP contribution in [0.4, 0.5) is 11.8 Å². The lowest BCUT2D eigenvalue weighted by molar-refractivity contribution is -0.129. The summed E-state index contributed by atoms with van der Waals surface area (Å²) in [7, 11) is 0. The first kappa shape index (κ1) is 17.1. The molecule has 0 radical (unpaired) electrons. The average molecular weight is 360 g/mol. The maximum atomic E-state index is 12.6. The van der Waals surface area contributed by atoms with E-state index < -0.39 is 0 Å². The van der Waals surface area contributed by atoms with Gasteiger partial charge in [-0.25, -0.2) is 15.0 Å². The molecule has 1 amide bonds. The molecule has 3 heterocycles. The van der Waals surface area contributed by atoms with E-state index >= 15 is 0 Å². The van der Waals surface area contributed by atoms with Gasteiger partial charge in [0, 0.05) is 37.6 Å². The van der Waals surface area contributed by atoms with Gasteiger partial charge in [-0.3, -0.25) is 9.78 Å². The van der Waals surface area contributed by atoms with Gasteiger partial charge in [0.2, 0.25) is 11.9 Å². The van der Waals surface area contributed by atoms with Crippen LogP contribution in [0.1, 0.15) is 23.6 Å². The van der Waals surface area contributed by atoms with Crippen LogP contribution in [-0.2, 0) is 11.2 Å². The van der Waals surface area contributed by atoms with Gasteiger partial charge in [0.05, 0.1) is 18.3 Å². The molecule has 7 nitrogen and oxygen atoms in total. The molecule has 2 aromatic heterocycles. The average Bonchev–Trinajstić information content (AvgIpc) is 3.20. The van der Waals surface area contributed by atoms with Gasteiger partial charge in [-0.2, -0.15) is 0 Å². The van der Waals surface area contributed by atoms with Crippen molar-refractivity contribution in [3.8, 4) is 0 Å². The van der Waals surface area contributed by atoms with E-state index in [1.165, 1.54) is 0 Å². The van der Waals surface area contributed by atoms with E-state index in [9.17, 15) is 4.79 Å². The number of hydrogen-bond donors (Lipinski definition) is 1. The largest absolute Gasteiger partial charge is 0.342 e. The normalized spacial score (nSPS) is 16.3. The molecule has 1 aliphatic rings. The van der Waals surface area contributed by atoms with Gasteiger partial charge < -0.3 is 10.2 Å². The first-order chi connectivity index (χ1) is 13.3. The molecule has 7 heteroatoms. The summed E-state index contributed by atoms with van der Waals surface area (Å²) >= 11 is 0. The van der Waals surface area contributed by atoms with Gasteiger partial charge in [-0.15, -0.1) is 0 Å². The SMILES string of the molecule is O=C(Cc1ccccc1)N1CC[C@@H](c2ccnc(Nc3cnccn3)n2)C1. The zero-order valence-corrected chi connectivity index (χ0v) is 14.8. The molecule has 0 spiro atoms. The van der Waals surface area contributed by atoms with Crippen molar-refractivity contribution in [3.05, 3.63) is 72.4 Å². The van der Waals surface area contributed by atoms with E-state index in [0.717, 1.165) is 24.2 Å². The molecule has 0 aliphatic carbocycles. The van der Waals surface area contributed by atoms with Crippen LogP contribution in [0.25, 0.3) is 0 Å². The quantitative estimate of drug-likeness (QED) is 0.753. The zero-order chi connectivity index (χ0) is 18.5. The Hall–Kier alpha value is -3.35. The van der Waals surface area contributed by atoms with Crippen molar-refractivity contribution in [2.24, 2.45) is 0 Å². The van der Waals surface area contributed by atoms with Crippen LogP contribution in [0.5, 0.6) is 0 Å². The first-order valence-electron chi connectivity index (χ1n) is 8.95. The summed E-state index contributed by atoms with van der Waals surface area (Å²) in [5, 5.41) is 3.06. The Labute approximate surface area is 157 Å². The lowest BCUT2D eigenvalue weighted by Gasteiger charge is -2.16. The number of nitrogens with one attached hydrogen (secondary N) is 1. The highest BCUT2D eigenvalue weighted by molar-refractivity contribution is 5.79. The molecule has 1 fully saturated rings.